The Morgan fingerprint density at radius 2 is 1.79 bits per heavy atom. The lowest BCUT2D eigenvalue weighted by Crippen LogP contribution is -2.73. The number of carbonyl (C=O) groups excluding carboxylic acids is 4. The second kappa shape index (κ2) is 14.3. The second-order valence-corrected chi connectivity index (χ2v) is 12.2. The van der Waals surface area contributed by atoms with E-state index >= 15 is 0 Å². The number of alkyl carbamates (subject to hydrolysis) is 1. The number of piperazine rings is 1. The Bertz CT molecular complexity index is 999. The molecule has 0 bridgehead atoms. The molecule has 0 radical (unpaired) electrons. The Morgan fingerprint density at radius 1 is 1.10 bits per heavy atom. The lowest BCUT2D eigenvalue weighted by Gasteiger charge is -2.51. The minimum atomic E-state index is -1.71. The molecule has 0 unspecified atom stereocenters. The molecule has 0 aliphatic carbocycles. The molecular formula is C26H35Cl3N4O6. The first-order valence-corrected chi connectivity index (χ1v) is 14.2. The van der Waals surface area contributed by atoms with Crippen molar-refractivity contribution in [3.05, 3.63) is 35.9 Å². The van der Waals surface area contributed by atoms with Crippen molar-refractivity contribution < 1.29 is 28.7 Å². The summed E-state index contributed by atoms with van der Waals surface area (Å²) in [6.07, 6.45) is 1.85. The van der Waals surface area contributed by atoms with Crippen molar-refractivity contribution >= 4 is 58.8 Å². The average molecular weight is 606 g/mol. The fourth-order valence-corrected chi connectivity index (χ4v) is 5.01. The van der Waals surface area contributed by atoms with Crippen LogP contribution in [0.1, 0.15) is 51.0 Å². The Labute approximate surface area is 243 Å². The van der Waals surface area contributed by atoms with E-state index in [0.717, 1.165) is 5.56 Å². The highest BCUT2D eigenvalue weighted by molar-refractivity contribution is 6.67. The number of hydrogen-bond donors (Lipinski definition) is 2. The number of likely N-dealkylation sites (tertiary alicyclic amines) is 1. The minimum Gasteiger partial charge on any atom is -0.445 e. The summed E-state index contributed by atoms with van der Waals surface area (Å²) in [5.41, 5.74) is -0.112. The minimum absolute atomic E-state index is 0.126. The standard InChI is InChI=1S/C26H35Cl3N4O6/c1-2-14-33-21(34)20(10-6-7-13-30-23(36)38-17-19-8-4-3-5-9-19)31-22(35)25(33)11-15-32(16-12-25)24(37)39-18-26(27,28)29/h3-5,8-9,20H,2,6-7,10-18H2,1H3,(H,30,36)(H,31,35)/t20-/m0/s1. The van der Waals surface area contributed by atoms with Crippen molar-refractivity contribution in [1.82, 2.24) is 20.4 Å². The van der Waals surface area contributed by atoms with Crippen molar-refractivity contribution in [2.24, 2.45) is 0 Å². The molecule has 1 aromatic rings. The molecule has 4 amide bonds. The zero-order valence-electron chi connectivity index (χ0n) is 21.9. The molecule has 3 rings (SSSR count). The number of amides is 4. The number of piperidine rings is 1. The average Bonchev–Trinajstić information content (AvgIpc) is 2.91. The lowest BCUT2D eigenvalue weighted by atomic mass is 9.81. The number of nitrogens with one attached hydrogen (secondary N) is 2. The summed E-state index contributed by atoms with van der Waals surface area (Å²) < 4.78 is 8.53. The lowest BCUT2D eigenvalue weighted by molar-refractivity contribution is -0.161. The van der Waals surface area contributed by atoms with Crippen LogP contribution in [0.4, 0.5) is 9.59 Å². The van der Waals surface area contributed by atoms with E-state index < -0.39 is 27.6 Å². The molecule has 10 nitrogen and oxygen atoms in total. The van der Waals surface area contributed by atoms with E-state index in [2.05, 4.69) is 10.6 Å². The first-order chi connectivity index (χ1) is 18.6. The zero-order chi connectivity index (χ0) is 28.5. The van der Waals surface area contributed by atoms with Gasteiger partial charge in [0.15, 0.2) is 0 Å². The van der Waals surface area contributed by atoms with Gasteiger partial charge in [-0.15, -0.1) is 0 Å². The molecule has 39 heavy (non-hydrogen) atoms. The number of rotatable bonds is 10. The fraction of sp³-hybridized carbons (Fsp3) is 0.615. The molecule has 0 saturated carbocycles. The second-order valence-electron chi connectivity index (χ2n) is 9.69. The van der Waals surface area contributed by atoms with E-state index in [9.17, 15) is 19.2 Å². The fourth-order valence-electron chi connectivity index (χ4n) is 4.85. The molecule has 216 valence electrons. The van der Waals surface area contributed by atoms with Gasteiger partial charge in [0.25, 0.3) is 0 Å². The van der Waals surface area contributed by atoms with Crippen LogP contribution in [0.3, 0.4) is 0 Å². The number of halogens is 3. The van der Waals surface area contributed by atoms with E-state index in [4.69, 9.17) is 44.3 Å². The summed E-state index contributed by atoms with van der Waals surface area (Å²) in [6.45, 7) is 3.06. The normalized spacial score (nSPS) is 19.0. The van der Waals surface area contributed by atoms with Crippen LogP contribution in [0.25, 0.3) is 0 Å². The van der Waals surface area contributed by atoms with Gasteiger partial charge in [-0.3, -0.25) is 9.59 Å². The van der Waals surface area contributed by atoms with Crippen LogP contribution in [0, 0.1) is 0 Å². The molecule has 2 fully saturated rings. The SMILES string of the molecule is CCCN1C(=O)[C@H](CCCCNC(=O)OCc2ccccc2)NC(=O)C12CCN(C(=O)OCC(Cl)(Cl)Cl)CC2. The number of nitrogens with zero attached hydrogens (tertiary/aromatic N) is 2. The van der Waals surface area contributed by atoms with Crippen LogP contribution >= 0.6 is 34.8 Å². The number of alkyl halides is 3. The third kappa shape index (κ3) is 8.78. The van der Waals surface area contributed by atoms with E-state index in [1.807, 2.05) is 37.3 Å². The van der Waals surface area contributed by atoms with Crippen LogP contribution in [0.15, 0.2) is 30.3 Å². The largest absolute Gasteiger partial charge is 0.445 e. The van der Waals surface area contributed by atoms with Gasteiger partial charge in [0, 0.05) is 26.2 Å². The monoisotopic (exact) mass is 604 g/mol. The maximum absolute atomic E-state index is 13.4. The molecule has 2 saturated heterocycles. The van der Waals surface area contributed by atoms with Gasteiger partial charge in [-0.05, 0) is 44.1 Å². The molecule has 1 aromatic carbocycles. The van der Waals surface area contributed by atoms with Crippen molar-refractivity contribution in [3.8, 4) is 0 Å². The number of benzene rings is 1. The summed E-state index contributed by atoms with van der Waals surface area (Å²) in [5.74, 6) is -0.337. The van der Waals surface area contributed by atoms with E-state index in [0.29, 0.717) is 38.8 Å². The Hall–Kier alpha value is -2.43. The van der Waals surface area contributed by atoms with Crippen LogP contribution in [0.5, 0.6) is 0 Å². The van der Waals surface area contributed by atoms with Gasteiger partial charge in [-0.1, -0.05) is 72.1 Å². The third-order valence-electron chi connectivity index (χ3n) is 6.87. The number of hydrogen-bond acceptors (Lipinski definition) is 6. The van der Waals surface area contributed by atoms with Crippen molar-refractivity contribution in [1.29, 1.82) is 0 Å². The van der Waals surface area contributed by atoms with Crippen LogP contribution in [-0.4, -0.2) is 82.0 Å². The van der Waals surface area contributed by atoms with Gasteiger partial charge in [-0.25, -0.2) is 9.59 Å². The first kappa shape index (κ1) is 31.1. The summed E-state index contributed by atoms with van der Waals surface area (Å²) >= 11 is 17.0. The van der Waals surface area contributed by atoms with Crippen molar-refractivity contribution in [2.75, 3.05) is 32.8 Å². The smallest absolute Gasteiger partial charge is 0.409 e. The predicted octanol–water partition coefficient (Wildman–Crippen LogP) is 4.16. The summed E-state index contributed by atoms with van der Waals surface area (Å²) in [7, 11) is 0. The van der Waals surface area contributed by atoms with Crippen molar-refractivity contribution in [3.63, 3.8) is 0 Å². The van der Waals surface area contributed by atoms with Gasteiger partial charge in [0.05, 0.1) is 0 Å². The first-order valence-electron chi connectivity index (χ1n) is 13.1. The summed E-state index contributed by atoms with van der Waals surface area (Å²) in [4.78, 5) is 54.2. The predicted molar refractivity (Wildman–Crippen MR) is 148 cm³/mol. The van der Waals surface area contributed by atoms with E-state index in [1.54, 1.807) is 4.90 Å². The molecule has 2 heterocycles. The molecule has 0 aromatic heterocycles. The van der Waals surface area contributed by atoms with Crippen LogP contribution in [-0.2, 0) is 25.7 Å². The molecular weight excluding hydrogens is 571 g/mol. The molecule has 2 N–H and O–H groups in total. The Balaban J connectivity index is 1.45. The number of unbranched alkanes of at least 4 members (excludes halogenated alkanes) is 1. The zero-order valence-corrected chi connectivity index (χ0v) is 24.2. The van der Waals surface area contributed by atoms with Gasteiger partial charge in [0.1, 0.15) is 24.8 Å². The van der Waals surface area contributed by atoms with Gasteiger partial charge in [0.2, 0.25) is 15.6 Å². The quantitative estimate of drug-likeness (QED) is 0.306. The molecule has 1 spiro atoms. The Morgan fingerprint density at radius 3 is 2.44 bits per heavy atom. The van der Waals surface area contributed by atoms with Crippen molar-refractivity contribution in [2.45, 2.75) is 67.4 Å². The highest BCUT2D eigenvalue weighted by Crippen LogP contribution is 2.34. The molecule has 1 atom stereocenters. The number of carbonyl (C=O) groups is 4. The van der Waals surface area contributed by atoms with Crippen LogP contribution < -0.4 is 10.6 Å². The molecule has 2 aliphatic heterocycles. The van der Waals surface area contributed by atoms with E-state index in [1.165, 1.54) is 4.90 Å². The third-order valence-corrected chi connectivity index (χ3v) is 7.19. The number of ether oxygens (including phenoxy) is 2. The highest BCUT2D eigenvalue weighted by Gasteiger charge is 2.53. The topological polar surface area (TPSA) is 117 Å². The van der Waals surface area contributed by atoms with Crippen LogP contribution in [0.2, 0.25) is 0 Å². The van der Waals surface area contributed by atoms with Gasteiger partial charge < -0.3 is 29.9 Å². The van der Waals surface area contributed by atoms with Gasteiger partial charge >= 0.3 is 12.2 Å². The van der Waals surface area contributed by atoms with E-state index in [-0.39, 0.29) is 51.0 Å². The maximum Gasteiger partial charge on any atom is 0.409 e. The highest BCUT2D eigenvalue weighted by atomic mass is 35.6. The summed E-state index contributed by atoms with van der Waals surface area (Å²) in [6, 6.07) is 8.76. The maximum atomic E-state index is 13.4. The van der Waals surface area contributed by atoms with Gasteiger partial charge in [-0.2, -0.15) is 0 Å². The summed E-state index contributed by atoms with van der Waals surface area (Å²) in [5, 5.41) is 5.62. The molecule has 2 aliphatic rings. The Kier molecular flexibility index (Phi) is 11.4. The molecule has 13 heteroatoms.